The van der Waals surface area contributed by atoms with Crippen molar-refractivity contribution < 1.29 is 0 Å². The summed E-state index contributed by atoms with van der Waals surface area (Å²) in [6.45, 7) is 22.0. The molecule has 1 aromatic carbocycles. The van der Waals surface area contributed by atoms with E-state index in [0.717, 1.165) is 0 Å². The zero-order chi connectivity index (χ0) is 18.1. The van der Waals surface area contributed by atoms with Gasteiger partial charge in [0.1, 0.15) is 0 Å². The molecule has 0 spiro atoms. The SMILES string of the molecule is CP1(C)=NP(C)(C)=NP(C)(C)=N1.Cc1cccc(C)c1C(C)C. The molecule has 0 saturated heterocycles. The number of hydrogen-bond donors (Lipinski definition) is 0. The number of rotatable bonds is 1. The van der Waals surface area contributed by atoms with E-state index < -0.39 is 21.6 Å². The Balaban J connectivity index is 0.000000231. The van der Waals surface area contributed by atoms with Crippen molar-refractivity contribution in [3.05, 3.63) is 34.9 Å². The average Bonchev–Trinajstić information content (AvgIpc) is 2.21. The molecule has 0 aliphatic carbocycles. The first-order valence-electron chi connectivity index (χ1n) is 8.07. The molecule has 1 aliphatic heterocycles. The average molecular weight is 373 g/mol. The predicted octanol–water partition coefficient (Wildman–Crippen LogP) is 7.55. The fourth-order valence-corrected chi connectivity index (χ4v) is 17.6. The zero-order valence-corrected chi connectivity index (χ0v) is 19.2. The molecule has 1 heterocycles. The lowest BCUT2D eigenvalue weighted by Gasteiger charge is -2.26. The van der Waals surface area contributed by atoms with Gasteiger partial charge in [-0.1, -0.05) is 32.0 Å². The Hall–Kier alpha value is -0.0900. The molecule has 3 nitrogen and oxygen atoms in total. The van der Waals surface area contributed by atoms with Crippen LogP contribution in [0.5, 0.6) is 0 Å². The standard InChI is InChI=1S/C11H16.C6H18N3P3/c1-8(2)11-9(3)6-5-7-10(11)4;1-10(2)7-11(3,4)9-12(5,6)8-10/h5-8H,1-4H3;1-6H3. The smallest absolute Gasteiger partial charge is 0.0750 e. The van der Waals surface area contributed by atoms with Crippen molar-refractivity contribution in [3.63, 3.8) is 0 Å². The quantitative estimate of drug-likeness (QED) is 0.456. The van der Waals surface area contributed by atoms with Gasteiger partial charge in [0.2, 0.25) is 0 Å². The third-order valence-electron chi connectivity index (χ3n) is 3.43. The van der Waals surface area contributed by atoms with Crippen molar-refractivity contribution in [1.29, 1.82) is 0 Å². The van der Waals surface area contributed by atoms with Crippen LogP contribution < -0.4 is 0 Å². The normalized spacial score (nSPS) is 20.5. The van der Waals surface area contributed by atoms with Gasteiger partial charge in [-0.05, 0) is 76.4 Å². The van der Waals surface area contributed by atoms with Crippen molar-refractivity contribution >= 4 is 21.6 Å². The Morgan fingerprint density at radius 1 is 0.696 bits per heavy atom. The van der Waals surface area contributed by atoms with Gasteiger partial charge in [0.25, 0.3) is 0 Å². The summed E-state index contributed by atoms with van der Waals surface area (Å²) < 4.78 is 14.3. The summed E-state index contributed by atoms with van der Waals surface area (Å²) in [5.74, 6) is 0.649. The van der Waals surface area contributed by atoms with Crippen molar-refractivity contribution in [2.75, 3.05) is 40.0 Å². The maximum absolute atomic E-state index is 4.76. The Morgan fingerprint density at radius 2 is 1.00 bits per heavy atom. The molecule has 23 heavy (non-hydrogen) atoms. The van der Waals surface area contributed by atoms with Gasteiger partial charge in [-0.15, -0.1) is 0 Å². The summed E-state index contributed by atoms with van der Waals surface area (Å²) in [4.78, 5) is 0. The lowest BCUT2D eigenvalue weighted by molar-refractivity contribution is 0.846. The highest BCUT2D eigenvalue weighted by atomic mass is 31.2. The molecule has 1 aliphatic rings. The van der Waals surface area contributed by atoms with Gasteiger partial charge in [0.15, 0.2) is 0 Å². The molecule has 0 aromatic heterocycles. The molecule has 0 unspecified atom stereocenters. The molecule has 0 saturated carbocycles. The van der Waals surface area contributed by atoms with E-state index in [4.69, 9.17) is 13.5 Å². The molecule has 6 heteroatoms. The Labute approximate surface area is 144 Å². The summed E-state index contributed by atoms with van der Waals surface area (Å²) in [5, 5.41) is 0. The molecule has 132 valence electrons. The van der Waals surface area contributed by atoms with E-state index in [9.17, 15) is 0 Å². The molecule has 0 radical (unpaired) electrons. The number of nitrogens with zero attached hydrogens (tertiary/aromatic N) is 3. The van der Waals surface area contributed by atoms with E-state index in [1.165, 1.54) is 16.7 Å². The van der Waals surface area contributed by atoms with E-state index >= 15 is 0 Å². The predicted molar refractivity (Wildman–Crippen MR) is 114 cm³/mol. The van der Waals surface area contributed by atoms with E-state index in [-0.39, 0.29) is 0 Å². The molecule has 0 amide bonds. The van der Waals surface area contributed by atoms with Crippen LogP contribution in [-0.2, 0) is 0 Å². The fourth-order valence-electron chi connectivity index (χ4n) is 3.40. The second-order valence-electron chi connectivity index (χ2n) is 7.74. The van der Waals surface area contributed by atoms with Crippen LogP contribution in [0, 0.1) is 13.8 Å². The summed E-state index contributed by atoms with van der Waals surface area (Å²) in [5.41, 5.74) is 4.34. The van der Waals surface area contributed by atoms with Crippen LogP contribution in [0.3, 0.4) is 0 Å². The second kappa shape index (κ2) is 7.43. The molecule has 0 N–H and O–H groups in total. The van der Waals surface area contributed by atoms with E-state index in [1.54, 1.807) is 0 Å². The first kappa shape index (κ1) is 21.0. The maximum atomic E-state index is 4.76. The maximum Gasteiger partial charge on any atom is 0.0750 e. The van der Waals surface area contributed by atoms with Crippen LogP contribution >= 0.6 is 21.6 Å². The molecule has 0 atom stereocenters. The second-order valence-corrected chi connectivity index (χ2v) is 17.9. The van der Waals surface area contributed by atoms with Gasteiger partial charge in [0.05, 0.1) is 21.6 Å². The number of hydrogen-bond acceptors (Lipinski definition) is 3. The van der Waals surface area contributed by atoms with Crippen molar-refractivity contribution in [1.82, 2.24) is 0 Å². The largest absolute Gasteiger partial charge is 0.242 e. The number of aryl methyl sites for hydroxylation is 2. The zero-order valence-electron chi connectivity index (χ0n) is 16.5. The number of benzene rings is 1. The van der Waals surface area contributed by atoms with Crippen LogP contribution in [-0.4, -0.2) is 40.0 Å². The minimum Gasteiger partial charge on any atom is -0.242 e. The minimum atomic E-state index is -1.32. The van der Waals surface area contributed by atoms with E-state index in [0.29, 0.717) is 5.92 Å². The first-order chi connectivity index (χ1) is 10.2. The fraction of sp³-hybridized carbons (Fsp3) is 0.647. The molecular formula is C17H34N3P3. The monoisotopic (exact) mass is 373 g/mol. The van der Waals surface area contributed by atoms with Crippen LogP contribution in [0.2, 0.25) is 0 Å². The van der Waals surface area contributed by atoms with Crippen LogP contribution in [0.15, 0.2) is 31.7 Å². The van der Waals surface area contributed by atoms with E-state index in [1.807, 2.05) is 0 Å². The van der Waals surface area contributed by atoms with Gasteiger partial charge in [-0.2, -0.15) is 0 Å². The summed E-state index contributed by atoms with van der Waals surface area (Å²) in [6, 6.07) is 6.49. The van der Waals surface area contributed by atoms with Gasteiger partial charge < -0.3 is 0 Å². The van der Waals surface area contributed by atoms with Crippen molar-refractivity contribution in [3.8, 4) is 0 Å². The summed E-state index contributed by atoms with van der Waals surface area (Å²) >= 11 is 0. The summed E-state index contributed by atoms with van der Waals surface area (Å²) in [7, 11) is -3.97. The third-order valence-corrected chi connectivity index (χ3v) is 13.9. The van der Waals surface area contributed by atoms with E-state index in [2.05, 4.69) is 85.9 Å². The Bertz CT molecular complexity index is 634. The molecule has 0 bridgehead atoms. The van der Waals surface area contributed by atoms with Crippen molar-refractivity contribution in [2.45, 2.75) is 33.6 Å². The van der Waals surface area contributed by atoms with Crippen LogP contribution in [0.1, 0.15) is 36.5 Å². The van der Waals surface area contributed by atoms with Crippen LogP contribution in [0.25, 0.3) is 0 Å². The Kier molecular flexibility index (Phi) is 6.77. The Morgan fingerprint density at radius 3 is 1.22 bits per heavy atom. The van der Waals surface area contributed by atoms with Gasteiger partial charge in [0, 0.05) is 0 Å². The highest BCUT2D eigenvalue weighted by Crippen LogP contribution is 2.71. The topological polar surface area (TPSA) is 37.1 Å². The molecule has 0 fully saturated rings. The third kappa shape index (κ3) is 6.74. The van der Waals surface area contributed by atoms with Crippen molar-refractivity contribution in [2.24, 2.45) is 13.5 Å². The highest BCUT2D eigenvalue weighted by Gasteiger charge is 2.19. The van der Waals surface area contributed by atoms with Gasteiger partial charge in [-0.3, -0.25) is 0 Å². The van der Waals surface area contributed by atoms with Gasteiger partial charge in [-0.25, -0.2) is 13.5 Å². The minimum absolute atomic E-state index is 0.649. The lowest BCUT2D eigenvalue weighted by atomic mass is 9.94. The molecule has 2 rings (SSSR count). The lowest BCUT2D eigenvalue weighted by Crippen LogP contribution is -1.94. The summed E-state index contributed by atoms with van der Waals surface area (Å²) in [6.07, 6.45) is 0. The van der Waals surface area contributed by atoms with Crippen LogP contribution in [0.4, 0.5) is 0 Å². The molecular weight excluding hydrogens is 339 g/mol. The highest BCUT2D eigenvalue weighted by molar-refractivity contribution is 7.85. The first-order valence-corrected chi connectivity index (χ1v) is 15.8. The van der Waals surface area contributed by atoms with Gasteiger partial charge >= 0.3 is 0 Å². The molecule has 1 aromatic rings.